The van der Waals surface area contributed by atoms with Gasteiger partial charge in [0.05, 0.1) is 23.3 Å². The number of hydrogen-bond donors (Lipinski definition) is 1. The number of carbonyl (C=O) groups excluding carboxylic acids is 1. The molecule has 38 heavy (non-hydrogen) atoms. The first kappa shape index (κ1) is 26.2. The third kappa shape index (κ3) is 5.40. The van der Waals surface area contributed by atoms with Crippen molar-refractivity contribution in [2.24, 2.45) is 5.73 Å². The summed E-state index contributed by atoms with van der Waals surface area (Å²) in [5.41, 5.74) is 9.09. The van der Waals surface area contributed by atoms with Crippen molar-refractivity contribution >= 4 is 43.9 Å². The highest BCUT2D eigenvalue weighted by Gasteiger charge is 2.28. The Labute approximate surface area is 224 Å². The Balaban J connectivity index is 1.49. The van der Waals surface area contributed by atoms with Crippen LogP contribution in [0.25, 0.3) is 16.9 Å². The lowest BCUT2D eigenvalue weighted by atomic mass is 9.94. The Morgan fingerprint density at radius 1 is 1.16 bits per heavy atom. The second-order valence-corrected chi connectivity index (χ2v) is 12.2. The number of benzene rings is 1. The fraction of sp³-hybridized carbons (Fsp3) is 0.360. The number of nitrogens with two attached hydrogens (primary N) is 1. The van der Waals surface area contributed by atoms with E-state index >= 15 is 0 Å². The van der Waals surface area contributed by atoms with Gasteiger partial charge in [-0.05, 0) is 49.2 Å². The summed E-state index contributed by atoms with van der Waals surface area (Å²) in [6.45, 7) is 0.907. The van der Waals surface area contributed by atoms with Crippen LogP contribution in [0.4, 0.5) is 15.3 Å². The van der Waals surface area contributed by atoms with Crippen molar-refractivity contribution in [3.05, 3.63) is 59.0 Å². The number of imidazole rings is 1. The number of amides is 1. The molecule has 1 amide bonds. The normalized spacial score (nSPS) is 15.2. The molecule has 5 rings (SSSR count). The minimum absolute atomic E-state index is 0.108. The van der Waals surface area contributed by atoms with Gasteiger partial charge >= 0.3 is 0 Å². The van der Waals surface area contributed by atoms with E-state index < -0.39 is 15.9 Å². The predicted molar refractivity (Wildman–Crippen MR) is 144 cm³/mol. The molecule has 13 heteroatoms. The van der Waals surface area contributed by atoms with Crippen molar-refractivity contribution in [3.8, 4) is 11.3 Å². The molecule has 0 spiro atoms. The molecule has 10 nitrogen and oxygen atoms in total. The van der Waals surface area contributed by atoms with Crippen molar-refractivity contribution in [2.75, 3.05) is 31.3 Å². The van der Waals surface area contributed by atoms with E-state index in [4.69, 9.17) is 20.8 Å². The number of aromatic nitrogens is 4. The van der Waals surface area contributed by atoms with Crippen molar-refractivity contribution in [1.29, 1.82) is 0 Å². The van der Waals surface area contributed by atoms with E-state index in [1.165, 1.54) is 34.0 Å². The number of halogens is 1. The van der Waals surface area contributed by atoms with E-state index in [2.05, 4.69) is 0 Å². The minimum Gasteiger partial charge on any atom is -0.370 e. The van der Waals surface area contributed by atoms with E-state index in [0.29, 0.717) is 54.6 Å². The molecule has 1 aliphatic rings. The van der Waals surface area contributed by atoms with E-state index in [9.17, 15) is 17.6 Å². The second kappa shape index (κ2) is 10.4. The lowest BCUT2D eigenvalue weighted by molar-refractivity contribution is -0.118. The quantitative estimate of drug-likeness (QED) is 0.352. The highest BCUT2D eigenvalue weighted by molar-refractivity contribution is 7.88. The van der Waals surface area contributed by atoms with Gasteiger partial charge in [0.25, 0.3) is 0 Å². The van der Waals surface area contributed by atoms with Gasteiger partial charge in [-0.15, -0.1) is 11.3 Å². The number of anilines is 2. The van der Waals surface area contributed by atoms with Crippen LogP contribution in [0.2, 0.25) is 0 Å². The van der Waals surface area contributed by atoms with Gasteiger partial charge in [0.15, 0.2) is 16.6 Å². The van der Waals surface area contributed by atoms with Gasteiger partial charge < -0.3 is 10.6 Å². The van der Waals surface area contributed by atoms with Gasteiger partial charge in [-0.1, -0.05) is 0 Å². The predicted octanol–water partition coefficient (Wildman–Crippen LogP) is 3.32. The van der Waals surface area contributed by atoms with E-state index in [-0.39, 0.29) is 18.2 Å². The Bertz CT molecular complexity index is 1580. The average molecular weight is 558 g/mol. The summed E-state index contributed by atoms with van der Waals surface area (Å²) in [5, 5.41) is 7.50. The summed E-state index contributed by atoms with van der Waals surface area (Å²) >= 11 is 1.43. The number of aryl methyl sites for hydroxylation is 1. The molecular formula is C25H28FN7O3S2. The number of thiazole rings is 1. The molecule has 1 aromatic carbocycles. The van der Waals surface area contributed by atoms with Crippen LogP contribution >= 0.6 is 11.3 Å². The molecule has 0 bridgehead atoms. The van der Waals surface area contributed by atoms with Gasteiger partial charge in [-0.2, -0.15) is 9.61 Å². The second-order valence-electron chi connectivity index (χ2n) is 9.39. The number of carbonyl (C=O) groups is 1. The van der Waals surface area contributed by atoms with Crippen molar-refractivity contribution in [3.63, 3.8) is 0 Å². The van der Waals surface area contributed by atoms with Gasteiger partial charge in [0.1, 0.15) is 5.82 Å². The van der Waals surface area contributed by atoms with Crippen LogP contribution in [0.5, 0.6) is 0 Å². The van der Waals surface area contributed by atoms with Crippen molar-refractivity contribution < 1.29 is 17.6 Å². The molecule has 1 aliphatic heterocycles. The summed E-state index contributed by atoms with van der Waals surface area (Å²) in [6.07, 6.45) is 3.07. The number of hydrogen-bond acceptors (Lipinski definition) is 8. The molecule has 4 heterocycles. The first-order chi connectivity index (χ1) is 18.1. The van der Waals surface area contributed by atoms with Gasteiger partial charge in [0.2, 0.25) is 15.9 Å². The summed E-state index contributed by atoms with van der Waals surface area (Å²) in [4.78, 5) is 22.9. The summed E-state index contributed by atoms with van der Waals surface area (Å²) in [6, 6.07) is 9.99. The number of primary amides is 1. The van der Waals surface area contributed by atoms with Crippen molar-refractivity contribution in [1.82, 2.24) is 23.9 Å². The lowest BCUT2D eigenvalue weighted by Gasteiger charge is -2.29. The number of rotatable bonds is 8. The molecular weight excluding hydrogens is 529 g/mol. The molecule has 0 unspecified atom stereocenters. The summed E-state index contributed by atoms with van der Waals surface area (Å²) in [5.74, 6) is 0.0541. The molecule has 1 saturated heterocycles. The van der Waals surface area contributed by atoms with Crippen LogP contribution in [0.1, 0.15) is 36.6 Å². The molecule has 2 N–H and O–H groups in total. The first-order valence-electron chi connectivity index (χ1n) is 12.2. The van der Waals surface area contributed by atoms with Crippen LogP contribution < -0.4 is 10.6 Å². The van der Waals surface area contributed by atoms with Crippen LogP contribution in [0.3, 0.4) is 0 Å². The average Bonchev–Trinajstić information content (AvgIpc) is 3.52. The van der Waals surface area contributed by atoms with Gasteiger partial charge in [-0.25, -0.2) is 27.1 Å². The third-order valence-corrected chi connectivity index (χ3v) is 8.95. The Hall–Kier alpha value is -3.42. The number of piperidine rings is 1. The van der Waals surface area contributed by atoms with Crippen molar-refractivity contribution in [2.45, 2.75) is 31.6 Å². The Morgan fingerprint density at radius 3 is 2.53 bits per heavy atom. The molecule has 1 fully saturated rings. The number of fused-ring (bicyclic) bond motifs is 1. The maximum Gasteiger partial charge on any atom is 0.217 e. The summed E-state index contributed by atoms with van der Waals surface area (Å²) < 4.78 is 40.5. The summed E-state index contributed by atoms with van der Waals surface area (Å²) in [7, 11) is -1.35. The smallest absolute Gasteiger partial charge is 0.217 e. The lowest BCUT2D eigenvalue weighted by Crippen LogP contribution is -2.37. The van der Waals surface area contributed by atoms with Gasteiger partial charge in [0, 0.05) is 49.8 Å². The minimum atomic E-state index is -3.22. The monoisotopic (exact) mass is 557 g/mol. The first-order valence-corrected chi connectivity index (χ1v) is 14.9. The van der Waals surface area contributed by atoms with Crippen LogP contribution in [-0.2, 0) is 21.2 Å². The molecule has 3 aromatic heterocycles. The van der Waals surface area contributed by atoms with Crippen LogP contribution in [0.15, 0.2) is 41.8 Å². The van der Waals surface area contributed by atoms with Crippen LogP contribution in [-0.4, -0.2) is 64.6 Å². The van der Waals surface area contributed by atoms with Gasteiger partial charge in [-0.3, -0.25) is 4.79 Å². The van der Waals surface area contributed by atoms with E-state index in [0.717, 1.165) is 17.0 Å². The molecule has 0 saturated carbocycles. The fourth-order valence-electron chi connectivity index (χ4n) is 4.69. The van der Waals surface area contributed by atoms with E-state index in [1.54, 1.807) is 16.6 Å². The molecule has 0 radical (unpaired) electrons. The maximum absolute atomic E-state index is 13.4. The molecule has 4 aromatic rings. The van der Waals surface area contributed by atoms with E-state index in [1.807, 2.05) is 29.5 Å². The maximum atomic E-state index is 13.4. The fourth-order valence-corrected chi connectivity index (χ4v) is 6.37. The zero-order chi connectivity index (χ0) is 27.0. The third-order valence-electron chi connectivity index (χ3n) is 6.73. The molecule has 0 atom stereocenters. The SMILES string of the molecule is CN(c1nc(-c2ccc(F)cc2)cs1)c1c(CCC(N)=O)nc2ccc(C3CCN(S(C)(=O)=O)CC3)nn12. The standard InChI is InChI=1S/C25H28FN7O3S2/c1-31(25-29-21(15-37-25)16-3-5-18(26)6-4-16)24-20(7-9-22(27)34)28-23-10-8-19(30-33(23)24)17-11-13-32(14-12-17)38(2,35)36/h3-6,8,10,15,17H,7,9,11-14H2,1-2H3,(H2,27,34). The number of sulfonamides is 1. The highest BCUT2D eigenvalue weighted by Crippen LogP contribution is 2.35. The zero-order valence-corrected chi connectivity index (χ0v) is 22.7. The molecule has 0 aliphatic carbocycles. The highest BCUT2D eigenvalue weighted by atomic mass is 32.2. The zero-order valence-electron chi connectivity index (χ0n) is 21.0. The van der Waals surface area contributed by atoms with Crippen LogP contribution in [0, 0.1) is 5.82 Å². The molecule has 200 valence electrons. The Morgan fingerprint density at radius 2 is 1.87 bits per heavy atom. The largest absolute Gasteiger partial charge is 0.370 e. The Kier molecular flexibility index (Phi) is 7.16. The topological polar surface area (TPSA) is 127 Å². The number of nitrogens with zero attached hydrogens (tertiary/aromatic N) is 6.